The number of nitrogens with one attached hydrogen (secondary N) is 1. The van der Waals surface area contributed by atoms with Crippen molar-refractivity contribution in [2.45, 2.75) is 46.4 Å². The number of benzene rings is 2. The van der Waals surface area contributed by atoms with Gasteiger partial charge in [-0.15, -0.1) is 0 Å². The monoisotopic (exact) mass is 283 g/mol. The summed E-state index contributed by atoms with van der Waals surface area (Å²) < 4.78 is 5.90. The molecule has 0 aliphatic carbocycles. The Morgan fingerprint density at radius 3 is 2.48 bits per heavy atom. The maximum absolute atomic E-state index is 5.90. The van der Waals surface area contributed by atoms with Gasteiger partial charge in [0.2, 0.25) is 0 Å². The molecule has 0 amide bonds. The Balaban J connectivity index is 2.04. The van der Waals surface area contributed by atoms with Crippen LogP contribution in [0, 0.1) is 6.92 Å². The minimum Gasteiger partial charge on any atom is -0.491 e. The van der Waals surface area contributed by atoms with E-state index in [-0.39, 0.29) is 12.1 Å². The van der Waals surface area contributed by atoms with Crippen LogP contribution in [0.5, 0.6) is 5.75 Å². The normalized spacial score (nSPS) is 12.4. The molecule has 0 aliphatic heterocycles. The van der Waals surface area contributed by atoms with Gasteiger partial charge in [0.05, 0.1) is 6.10 Å². The van der Waals surface area contributed by atoms with E-state index < -0.39 is 0 Å². The third-order valence-electron chi connectivity index (χ3n) is 3.44. The number of hydrogen-bond acceptors (Lipinski definition) is 2. The van der Waals surface area contributed by atoms with Gasteiger partial charge in [0.15, 0.2) is 0 Å². The second-order valence-electron chi connectivity index (χ2n) is 5.80. The van der Waals surface area contributed by atoms with Gasteiger partial charge in [-0.3, -0.25) is 0 Å². The van der Waals surface area contributed by atoms with Crippen LogP contribution in [0.4, 0.5) is 0 Å². The van der Waals surface area contributed by atoms with E-state index in [9.17, 15) is 0 Å². The quantitative estimate of drug-likeness (QED) is 0.834. The Hall–Kier alpha value is -1.80. The smallest absolute Gasteiger partial charge is 0.124 e. The first-order chi connectivity index (χ1) is 10.1. The number of rotatable bonds is 6. The van der Waals surface area contributed by atoms with Crippen LogP contribution in [0.3, 0.4) is 0 Å². The highest BCUT2D eigenvalue weighted by Crippen LogP contribution is 2.26. The van der Waals surface area contributed by atoms with Crippen LogP contribution in [-0.2, 0) is 6.54 Å². The summed E-state index contributed by atoms with van der Waals surface area (Å²) in [6, 6.07) is 17.1. The van der Waals surface area contributed by atoms with Crippen molar-refractivity contribution >= 4 is 0 Å². The molecule has 1 unspecified atom stereocenters. The Labute approximate surface area is 128 Å². The molecule has 2 aromatic carbocycles. The molecule has 2 nitrogen and oxygen atoms in total. The van der Waals surface area contributed by atoms with Crippen LogP contribution < -0.4 is 10.1 Å². The lowest BCUT2D eigenvalue weighted by Gasteiger charge is -2.20. The van der Waals surface area contributed by atoms with Crippen molar-refractivity contribution in [3.8, 4) is 5.75 Å². The largest absolute Gasteiger partial charge is 0.491 e. The van der Waals surface area contributed by atoms with Gasteiger partial charge in [0.1, 0.15) is 5.75 Å². The second-order valence-corrected chi connectivity index (χ2v) is 5.80. The zero-order chi connectivity index (χ0) is 15.2. The van der Waals surface area contributed by atoms with Crippen molar-refractivity contribution in [1.82, 2.24) is 5.32 Å². The van der Waals surface area contributed by atoms with Gasteiger partial charge < -0.3 is 10.1 Å². The predicted molar refractivity (Wildman–Crippen MR) is 88.6 cm³/mol. The fourth-order valence-electron chi connectivity index (χ4n) is 2.40. The first kappa shape index (κ1) is 15.6. The van der Waals surface area contributed by atoms with E-state index in [0.717, 1.165) is 12.3 Å². The van der Waals surface area contributed by atoms with Crippen molar-refractivity contribution < 1.29 is 4.74 Å². The third-order valence-corrected chi connectivity index (χ3v) is 3.44. The molecular weight excluding hydrogens is 258 g/mol. The van der Waals surface area contributed by atoms with Crippen LogP contribution >= 0.6 is 0 Å². The number of hydrogen-bond donors (Lipinski definition) is 1. The van der Waals surface area contributed by atoms with Crippen LogP contribution in [0.25, 0.3) is 0 Å². The Kier molecular flexibility index (Phi) is 5.40. The van der Waals surface area contributed by atoms with E-state index in [0.29, 0.717) is 0 Å². The van der Waals surface area contributed by atoms with E-state index in [1.54, 1.807) is 0 Å². The maximum atomic E-state index is 5.90. The van der Waals surface area contributed by atoms with E-state index in [2.05, 4.69) is 69.4 Å². The Morgan fingerprint density at radius 1 is 1.00 bits per heavy atom. The fraction of sp³-hybridized carbons (Fsp3) is 0.368. The van der Waals surface area contributed by atoms with Crippen molar-refractivity contribution in [3.05, 3.63) is 65.2 Å². The third kappa shape index (κ3) is 4.61. The van der Waals surface area contributed by atoms with Crippen molar-refractivity contribution in [2.24, 2.45) is 0 Å². The number of ether oxygens (including phenoxy) is 1. The zero-order valence-electron chi connectivity index (χ0n) is 13.4. The summed E-state index contributed by atoms with van der Waals surface area (Å²) in [7, 11) is 0. The molecule has 1 atom stereocenters. The number of para-hydroxylation sites is 1. The molecule has 2 aromatic rings. The minimum absolute atomic E-state index is 0.190. The SMILES string of the molecule is Cc1cccc(CNC(C)c2ccccc2OC(C)C)c1. The van der Waals surface area contributed by atoms with Gasteiger partial charge in [0.25, 0.3) is 0 Å². The summed E-state index contributed by atoms with van der Waals surface area (Å²) in [6.07, 6.45) is 0.190. The molecular formula is C19H25NO. The lowest BCUT2D eigenvalue weighted by Crippen LogP contribution is -2.19. The van der Waals surface area contributed by atoms with Crippen LogP contribution in [-0.4, -0.2) is 6.10 Å². The van der Waals surface area contributed by atoms with Crippen LogP contribution in [0.1, 0.15) is 43.5 Å². The predicted octanol–water partition coefficient (Wildman–Crippen LogP) is 4.63. The van der Waals surface area contributed by atoms with E-state index in [4.69, 9.17) is 4.74 Å². The summed E-state index contributed by atoms with van der Waals surface area (Å²) in [5, 5.41) is 3.58. The second kappa shape index (κ2) is 7.28. The lowest BCUT2D eigenvalue weighted by molar-refractivity contribution is 0.238. The van der Waals surface area contributed by atoms with Gasteiger partial charge in [-0.05, 0) is 39.3 Å². The van der Waals surface area contributed by atoms with Gasteiger partial charge in [-0.2, -0.15) is 0 Å². The van der Waals surface area contributed by atoms with Crippen molar-refractivity contribution in [2.75, 3.05) is 0 Å². The summed E-state index contributed by atoms with van der Waals surface area (Å²) in [5.74, 6) is 0.969. The molecule has 0 fully saturated rings. The van der Waals surface area contributed by atoms with Crippen LogP contribution in [0.15, 0.2) is 48.5 Å². The maximum Gasteiger partial charge on any atom is 0.124 e. The van der Waals surface area contributed by atoms with Crippen LogP contribution in [0.2, 0.25) is 0 Å². The molecule has 1 N–H and O–H groups in total. The zero-order valence-corrected chi connectivity index (χ0v) is 13.4. The van der Waals surface area contributed by atoms with E-state index in [1.807, 2.05) is 12.1 Å². The minimum atomic E-state index is 0.190. The first-order valence-electron chi connectivity index (χ1n) is 7.61. The lowest BCUT2D eigenvalue weighted by atomic mass is 10.1. The summed E-state index contributed by atoms with van der Waals surface area (Å²) >= 11 is 0. The molecule has 21 heavy (non-hydrogen) atoms. The average Bonchev–Trinajstić information content (AvgIpc) is 2.45. The van der Waals surface area contributed by atoms with Crippen molar-refractivity contribution in [1.29, 1.82) is 0 Å². The summed E-state index contributed by atoms with van der Waals surface area (Å²) in [4.78, 5) is 0. The highest BCUT2D eigenvalue weighted by atomic mass is 16.5. The van der Waals surface area contributed by atoms with E-state index >= 15 is 0 Å². The van der Waals surface area contributed by atoms with E-state index in [1.165, 1.54) is 16.7 Å². The highest BCUT2D eigenvalue weighted by Gasteiger charge is 2.11. The Bertz CT molecular complexity index is 577. The highest BCUT2D eigenvalue weighted by molar-refractivity contribution is 5.36. The summed E-state index contributed by atoms with van der Waals surface area (Å²) in [6.45, 7) is 9.28. The molecule has 0 bridgehead atoms. The van der Waals surface area contributed by atoms with Gasteiger partial charge in [0, 0.05) is 18.2 Å². The molecule has 0 aromatic heterocycles. The number of aryl methyl sites for hydroxylation is 1. The fourth-order valence-corrected chi connectivity index (χ4v) is 2.40. The van der Waals surface area contributed by atoms with Gasteiger partial charge in [-0.1, -0.05) is 48.0 Å². The Morgan fingerprint density at radius 2 is 1.76 bits per heavy atom. The molecule has 0 radical (unpaired) electrons. The molecule has 0 spiro atoms. The molecule has 2 rings (SSSR count). The van der Waals surface area contributed by atoms with Gasteiger partial charge >= 0.3 is 0 Å². The average molecular weight is 283 g/mol. The topological polar surface area (TPSA) is 21.3 Å². The molecule has 0 saturated heterocycles. The molecule has 2 heteroatoms. The molecule has 0 saturated carbocycles. The standard InChI is InChI=1S/C19H25NO/c1-14(2)21-19-11-6-5-10-18(19)16(4)20-13-17-9-7-8-15(3)12-17/h5-12,14,16,20H,13H2,1-4H3. The van der Waals surface area contributed by atoms with Gasteiger partial charge in [-0.25, -0.2) is 0 Å². The first-order valence-corrected chi connectivity index (χ1v) is 7.61. The van der Waals surface area contributed by atoms with Crippen molar-refractivity contribution in [3.63, 3.8) is 0 Å². The summed E-state index contributed by atoms with van der Waals surface area (Å²) in [5.41, 5.74) is 3.81. The molecule has 0 heterocycles. The molecule has 112 valence electrons. The molecule has 0 aliphatic rings.